The first-order valence-corrected chi connectivity index (χ1v) is 7.32. The van der Waals surface area contributed by atoms with E-state index in [1.54, 1.807) is 30.3 Å². The Morgan fingerprint density at radius 2 is 1.95 bits per heavy atom. The number of halogens is 1. The van der Waals surface area contributed by atoms with Crippen LogP contribution >= 0.6 is 11.6 Å². The Labute approximate surface area is 134 Å². The molecule has 0 aliphatic heterocycles. The van der Waals surface area contributed by atoms with Crippen LogP contribution in [0.2, 0.25) is 5.02 Å². The Kier molecular flexibility index (Phi) is 5.40. The third-order valence-corrected chi connectivity index (χ3v) is 3.37. The summed E-state index contributed by atoms with van der Waals surface area (Å²) in [6.07, 6.45) is 0. The first kappa shape index (κ1) is 15.9. The predicted octanol–water partition coefficient (Wildman–Crippen LogP) is 3.57. The predicted molar refractivity (Wildman–Crippen MR) is 87.9 cm³/mol. The Bertz CT molecular complexity index is 705. The molecule has 4 nitrogen and oxygen atoms in total. The average molecular weight is 314 g/mol. The highest BCUT2D eigenvalue weighted by molar-refractivity contribution is 6.30. The SMILES string of the molecule is CCNC(=O)c1ccc(CNc2ccc(Cl)cc2C#N)cc1. The molecule has 0 aliphatic rings. The van der Waals surface area contributed by atoms with Gasteiger partial charge in [-0.1, -0.05) is 23.7 Å². The molecule has 2 N–H and O–H groups in total. The molecule has 0 bridgehead atoms. The smallest absolute Gasteiger partial charge is 0.251 e. The molecular weight excluding hydrogens is 298 g/mol. The standard InChI is InChI=1S/C17H16ClN3O/c1-2-20-17(22)13-5-3-12(4-6-13)11-21-16-8-7-15(18)9-14(16)10-19/h3-9,21H,2,11H2,1H3,(H,20,22). The summed E-state index contributed by atoms with van der Waals surface area (Å²) >= 11 is 5.87. The minimum Gasteiger partial charge on any atom is -0.380 e. The van der Waals surface area contributed by atoms with Crippen molar-refractivity contribution in [1.82, 2.24) is 5.32 Å². The molecule has 0 unspecified atom stereocenters. The molecule has 2 rings (SSSR count). The zero-order valence-electron chi connectivity index (χ0n) is 12.2. The monoisotopic (exact) mass is 313 g/mol. The van der Waals surface area contributed by atoms with Crippen molar-refractivity contribution in [1.29, 1.82) is 5.26 Å². The van der Waals surface area contributed by atoms with Gasteiger partial charge in [-0.05, 0) is 42.8 Å². The fourth-order valence-electron chi connectivity index (χ4n) is 2.00. The van der Waals surface area contributed by atoms with Gasteiger partial charge in [0.2, 0.25) is 0 Å². The van der Waals surface area contributed by atoms with Gasteiger partial charge in [-0.15, -0.1) is 0 Å². The Hall–Kier alpha value is -2.51. The first-order chi connectivity index (χ1) is 10.6. The number of amides is 1. The first-order valence-electron chi connectivity index (χ1n) is 6.94. The van der Waals surface area contributed by atoms with Crippen molar-refractivity contribution in [3.05, 3.63) is 64.2 Å². The average Bonchev–Trinajstić information content (AvgIpc) is 2.54. The van der Waals surface area contributed by atoms with Gasteiger partial charge in [0.15, 0.2) is 0 Å². The number of hydrogen-bond donors (Lipinski definition) is 2. The maximum atomic E-state index is 11.7. The summed E-state index contributed by atoms with van der Waals surface area (Å²) in [4.78, 5) is 11.7. The minimum atomic E-state index is -0.0773. The van der Waals surface area contributed by atoms with Gasteiger partial charge in [-0.3, -0.25) is 4.79 Å². The van der Waals surface area contributed by atoms with Crippen LogP contribution in [0.25, 0.3) is 0 Å². The number of hydrogen-bond acceptors (Lipinski definition) is 3. The molecule has 0 aromatic heterocycles. The molecule has 0 spiro atoms. The van der Waals surface area contributed by atoms with Crippen LogP contribution in [0.15, 0.2) is 42.5 Å². The number of nitrogens with zero attached hydrogens (tertiary/aromatic N) is 1. The Balaban J connectivity index is 2.03. The minimum absolute atomic E-state index is 0.0773. The quantitative estimate of drug-likeness (QED) is 0.887. The summed E-state index contributed by atoms with van der Waals surface area (Å²) in [6, 6.07) is 14.6. The summed E-state index contributed by atoms with van der Waals surface area (Å²) in [7, 11) is 0. The van der Waals surface area contributed by atoms with E-state index in [0.29, 0.717) is 29.2 Å². The van der Waals surface area contributed by atoms with Crippen LogP contribution in [0.4, 0.5) is 5.69 Å². The van der Waals surface area contributed by atoms with Crippen molar-refractivity contribution in [3.8, 4) is 6.07 Å². The van der Waals surface area contributed by atoms with Crippen LogP contribution in [0.5, 0.6) is 0 Å². The lowest BCUT2D eigenvalue weighted by Crippen LogP contribution is -2.22. The summed E-state index contributed by atoms with van der Waals surface area (Å²) in [6.45, 7) is 3.05. The largest absolute Gasteiger partial charge is 0.380 e. The third-order valence-electron chi connectivity index (χ3n) is 3.14. The van der Waals surface area contributed by atoms with E-state index in [4.69, 9.17) is 16.9 Å². The third kappa shape index (κ3) is 4.00. The topological polar surface area (TPSA) is 64.9 Å². The van der Waals surface area contributed by atoms with Gasteiger partial charge in [-0.2, -0.15) is 5.26 Å². The zero-order valence-corrected chi connectivity index (χ0v) is 12.9. The van der Waals surface area contributed by atoms with Gasteiger partial charge in [0.1, 0.15) is 6.07 Å². The zero-order chi connectivity index (χ0) is 15.9. The van der Waals surface area contributed by atoms with Crippen LogP contribution < -0.4 is 10.6 Å². The summed E-state index contributed by atoms with van der Waals surface area (Å²) in [5, 5.41) is 15.6. The van der Waals surface area contributed by atoms with E-state index in [9.17, 15) is 4.79 Å². The molecule has 0 atom stereocenters. The second-order valence-corrected chi connectivity index (χ2v) is 5.15. The normalized spacial score (nSPS) is 9.86. The highest BCUT2D eigenvalue weighted by atomic mass is 35.5. The van der Waals surface area contributed by atoms with Crippen LogP contribution in [-0.2, 0) is 6.54 Å². The van der Waals surface area contributed by atoms with Gasteiger partial charge < -0.3 is 10.6 Å². The van der Waals surface area contributed by atoms with E-state index in [1.165, 1.54) is 0 Å². The number of carbonyl (C=O) groups is 1. The maximum absolute atomic E-state index is 11.7. The van der Waals surface area contributed by atoms with Crippen LogP contribution in [-0.4, -0.2) is 12.5 Å². The summed E-state index contributed by atoms with van der Waals surface area (Å²) in [5.74, 6) is -0.0773. The molecule has 0 heterocycles. The molecule has 0 saturated heterocycles. The molecular formula is C17H16ClN3O. The lowest BCUT2D eigenvalue weighted by atomic mass is 10.1. The van der Waals surface area contributed by atoms with Crippen molar-refractivity contribution < 1.29 is 4.79 Å². The second-order valence-electron chi connectivity index (χ2n) is 4.71. The fourth-order valence-corrected chi connectivity index (χ4v) is 2.17. The number of carbonyl (C=O) groups excluding carboxylic acids is 1. The van der Waals surface area contributed by atoms with Crippen molar-refractivity contribution in [2.75, 3.05) is 11.9 Å². The van der Waals surface area contributed by atoms with Crippen molar-refractivity contribution in [2.45, 2.75) is 13.5 Å². The van der Waals surface area contributed by atoms with Crippen molar-refractivity contribution in [2.24, 2.45) is 0 Å². The molecule has 0 saturated carbocycles. The van der Waals surface area contributed by atoms with Gasteiger partial charge in [-0.25, -0.2) is 0 Å². The molecule has 0 radical (unpaired) electrons. The highest BCUT2D eigenvalue weighted by Crippen LogP contribution is 2.20. The summed E-state index contributed by atoms with van der Waals surface area (Å²) in [5.41, 5.74) is 2.90. The van der Waals surface area contributed by atoms with Gasteiger partial charge in [0.05, 0.1) is 11.3 Å². The van der Waals surface area contributed by atoms with Crippen LogP contribution in [0.1, 0.15) is 28.4 Å². The number of rotatable bonds is 5. The molecule has 2 aromatic rings. The summed E-state index contributed by atoms with van der Waals surface area (Å²) < 4.78 is 0. The van der Waals surface area contributed by atoms with Gasteiger partial charge in [0.25, 0.3) is 5.91 Å². The highest BCUT2D eigenvalue weighted by Gasteiger charge is 2.05. The molecule has 5 heteroatoms. The van der Waals surface area contributed by atoms with Crippen LogP contribution in [0, 0.1) is 11.3 Å². The molecule has 2 aromatic carbocycles. The van der Waals surface area contributed by atoms with Crippen molar-refractivity contribution >= 4 is 23.2 Å². The lowest BCUT2D eigenvalue weighted by molar-refractivity contribution is 0.0956. The second kappa shape index (κ2) is 7.48. The van der Waals surface area contributed by atoms with E-state index in [-0.39, 0.29) is 5.91 Å². The van der Waals surface area contributed by atoms with E-state index in [0.717, 1.165) is 11.3 Å². The number of anilines is 1. The Morgan fingerprint density at radius 1 is 1.23 bits per heavy atom. The number of benzene rings is 2. The maximum Gasteiger partial charge on any atom is 0.251 e. The van der Waals surface area contributed by atoms with E-state index < -0.39 is 0 Å². The number of nitriles is 1. The van der Waals surface area contributed by atoms with E-state index in [2.05, 4.69) is 16.7 Å². The van der Waals surface area contributed by atoms with Gasteiger partial charge >= 0.3 is 0 Å². The molecule has 0 fully saturated rings. The lowest BCUT2D eigenvalue weighted by Gasteiger charge is -2.09. The molecule has 1 amide bonds. The number of nitrogens with one attached hydrogen (secondary N) is 2. The van der Waals surface area contributed by atoms with Crippen molar-refractivity contribution in [3.63, 3.8) is 0 Å². The molecule has 0 aliphatic carbocycles. The molecule has 22 heavy (non-hydrogen) atoms. The molecule has 112 valence electrons. The van der Waals surface area contributed by atoms with E-state index in [1.807, 2.05) is 19.1 Å². The van der Waals surface area contributed by atoms with Crippen LogP contribution in [0.3, 0.4) is 0 Å². The Morgan fingerprint density at radius 3 is 2.59 bits per heavy atom. The van der Waals surface area contributed by atoms with E-state index >= 15 is 0 Å². The fraction of sp³-hybridized carbons (Fsp3) is 0.176. The van der Waals surface area contributed by atoms with Gasteiger partial charge in [0, 0.05) is 23.7 Å².